The third-order valence-electron chi connectivity index (χ3n) is 5.70. The van der Waals surface area contributed by atoms with Crippen molar-refractivity contribution in [2.45, 2.75) is 0 Å². The van der Waals surface area contributed by atoms with Crippen molar-refractivity contribution in [1.82, 2.24) is 4.98 Å². The van der Waals surface area contributed by atoms with Crippen molar-refractivity contribution in [3.05, 3.63) is 115 Å². The van der Waals surface area contributed by atoms with Gasteiger partial charge in [0.05, 0.1) is 5.69 Å². The van der Waals surface area contributed by atoms with Crippen molar-refractivity contribution in [3.8, 4) is 22.6 Å². The van der Waals surface area contributed by atoms with Crippen LogP contribution in [0.1, 0.15) is 0 Å². The number of oxazole rings is 1. The molecule has 5 aromatic carbocycles. The van der Waals surface area contributed by atoms with E-state index in [1.54, 1.807) is 0 Å². The molecule has 0 aliphatic heterocycles. The Balaban J connectivity index is 1.33. The van der Waals surface area contributed by atoms with Crippen molar-refractivity contribution in [1.29, 1.82) is 0 Å². The number of hydrogen-bond acceptors (Lipinski definition) is 3. The van der Waals surface area contributed by atoms with Crippen LogP contribution < -0.4 is 5.32 Å². The Morgan fingerprint density at radius 2 is 1.34 bits per heavy atom. The van der Waals surface area contributed by atoms with Gasteiger partial charge < -0.3 is 9.73 Å². The van der Waals surface area contributed by atoms with E-state index in [0.717, 1.165) is 28.0 Å². The van der Waals surface area contributed by atoms with E-state index in [-0.39, 0.29) is 0 Å². The van der Waals surface area contributed by atoms with E-state index < -0.39 is 0 Å². The van der Waals surface area contributed by atoms with Gasteiger partial charge in [-0.3, -0.25) is 0 Å². The van der Waals surface area contributed by atoms with Crippen LogP contribution in [0.15, 0.2) is 120 Å². The van der Waals surface area contributed by atoms with Crippen LogP contribution in [0.25, 0.3) is 44.5 Å². The molecule has 3 heteroatoms. The molecule has 152 valence electrons. The number of nitrogens with one attached hydrogen (secondary N) is 1. The van der Waals surface area contributed by atoms with E-state index in [1.165, 1.54) is 21.9 Å². The minimum atomic E-state index is 0.626. The van der Waals surface area contributed by atoms with Crippen molar-refractivity contribution in [2.75, 3.05) is 5.32 Å². The van der Waals surface area contributed by atoms with Gasteiger partial charge in [-0.25, -0.2) is 4.98 Å². The lowest BCUT2D eigenvalue weighted by molar-refractivity contribution is 0.620. The summed E-state index contributed by atoms with van der Waals surface area (Å²) in [5, 5.41) is 6.01. The predicted molar refractivity (Wildman–Crippen MR) is 132 cm³/mol. The first-order chi connectivity index (χ1) is 15.8. The molecule has 0 bridgehead atoms. The van der Waals surface area contributed by atoms with Crippen LogP contribution in [0, 0.1) is 0 Å². The van der Waals surface area contributed by atoms with Crippen LogP contribution in [-0.4, -0.2) is 4.98 Å². The second kappa shape index (κ2) is 7.71. The largest absolute Gasteiger partial charge is 0.436 e. The van der Waals surface area contributed by atoms with Crippen LogP contribution in [0.3, 0.4) is 0 Å². The molecule has 0 saturated heterocycles. The van der Waals surface area contributed by atoms with Gasteiger partial charge in [-0.2, -0.15) is 0 Å². The van der Waals surface area contributed by atoms with Crippen LogP contribution in [0.2, 0.25) is 0 Å². The molecule has 0 spiro atoms. The standard InChI is InChI=1S/C29H20N2O/c1-2-9-22(10-3-1)29-31-28-26(14-7-15-27(28)32-29)30-23-18-16-21(17-19-23)25-13-6-11-20-8-4-5-12-24(20)25/h1-19,30H. The Kier molecular flexibility index (Phi) is 4.43. The maximum atomic E-state index is 6.00. The highest BCUT2D eigenvalue weighted by Gasteiger charge is 2.12. The van der Waals surface area contributed by atoms with Crippen molar-refractivity contribution < 1.29 is 4.42 Å². The van der Waals surface area contributed by atoms with E-state index in [0.29, 0.717) is 5.89 Å². The number of rotatable bonds is 4. The van der Waals surface area contributed by atoms with Crippen molar-refractivity contribution in [3.63, 3.8) is 0 Å². The lowest BCUT2D eigenvalue weighted by Gasteiger charge is -2.10. The van der Waals surface area contributed by atoms with Gasteiger partial charge in [0.1, 0.15) is 5.52 Å². The van der Waals surface area contributed by atoms with Crippen LogP contribution in [0.4, 0.5) is 11.4 Å². The molecule has 32 heavy (non-hydrogen) atoms. The molecule has 1 heterocycles. The molecule has 3 nitrogen and oxygen atoms in total. The molecule has 0 aliphatic rings. The van der Waals surface area contributed by atoms with E-state index >= 15 is 0 Å². The molecule has 6 aromatic rings. The summed E-state index contributed by atoms with van der Waals surface area (Å²) in [6, 6.07) is 39.4. The number of para-hydroxylation sites is 1. The number of benzene rings is 5. The molecule has 0 amide bonds. The van der Waals surface area contributed by atoms with Gasteiger partial charge in [0.15, 0.2) is 5.58 Å². The summed E-state index contributed by atoms with van der Waals surface area (Å²) in [6.07, 6.45) is 0. The summed E-state index contributed by atoms with van der Waals surface area (Å²) in [5.41, 5.74) is 6.91. The summed E-state index contributed by atoms with van der Waals surface area (Å²) >= 11 is 0. The Morgan fingerprint density at radius 3 is 2.22 bits per heavy atom. The number of anilines is 2. The second-order valence-electron chi connectivity index (χ2n) is 7.77. The number of fused-ring (bicyclic) bond motifs is 2. The van der Waals surface area contributed by atoms with Gasteiger partial charge >= 0.3 is 0 Å². The Morgan fingerprint density at radius 1 is 0.594 bits per heavy atom. The first-order valence-corrected chi connectivity index (χ1v) is 10.7. The monoisotopic (exact) mass is 412 g/mol. The quantitative estimate of drug-likeness (QED) is 0.318. The molecule has 1 N–H and O–H groups in total. The maximum absolute atomic E-state index is 6.00. The molecule has 0 fully saturated rings. The molecule has 0 atom stereocenters. The van der Waals surface area contributed by atoms with Gasteiger partial charge in [-0.05, 0) is 58.3 Å². The molecule has 0 unspecified atom stereocenters. The topological polar surface area (TPSA) is 38.1 Å². The number of nitrogens with zero attached hydrogens (tertiary/aromatic N) is 1. The highest BCUT2D eigenvalue weighted by atomic mass is 16.3. The number of aromatic nitrogens is 1. The van der Waals surface area contributed by atoms with Gasteiger partial charge in [-0.1, -0.05) is 78.9 Å². The van der Waals surface area contributed by atoms with Gasteiger partial charge in [0.2, 0.25) is 5.89 Å². The highest BCUT2D eigenvalue weighted by molar-refractivity contribution is 5.97. The van der Waals surface area contributed by atoms with E-state index in [4.69, 9.17) is 9.40 Å². The third-order valence-corrected chi connectivity index (χ3v) is 5.70. The third kappa shape index (κ3) is 3.30. The van der Waals surface area contributed by atoms with Gasteiger partial charge in [0.25, 0.3) is 0 Å². The smallest absolute Gasteiger partial charge is 0.227 e. The summed E-state index contributed by atoms with van der Waals surface area (Å²) in [4.78, 5) is 4.75. The fourth-order valence-corrected chi connectivity index (χ4v) is 4.12. The zero-order valence-electron chi connectivity index (χ0n) is 17.3. The Bertz CT molecular complexity index is 1530. The molecule has 0 aliphatic carbocycles. The zero-order valence-corrected chi connectivity index (χ0v) is 17.3. The SMILES string of the molecule is c1ccc(-c2nc3c(Nc4ccc(-c5cccc6ccccc56)cc4)cccc3o2)cc1. The van der Waals surface area contributed by atoms with Crippen LogP contribution in [0.5, 0.6) is 0 Å². The molecule has 6 rings (SSSR count). The fraction of sp³-hybridized carbons (Fsp3) is 0. The molecular weight excluding hydrogens is 392 g/mol. The average Bonchev–Trinajstić information content (AvgIpc) is 3.30. The van der Waals surface area contributed by atoms with Crippen LogP contribution in [-0.2, 0) is 0 Å². The normalized spacial score (nSPS) is 11.1. The predicted octanol–water partition coefficient (Wildman–Crippen LogP) is 8.06. The molecule has 0 saturated carbocycles. The first kappa shape index (κ1) is 18.4. The second-order valence-corrected chi connectivity index (χ2v) is 7.77. The fourth-order valence-electron chi connectivity index (χ4n) is 4.12. The summed E-state index contributed by atoms with van der Waals surface area (Å²) < 4.78 is 6.00. The zero-order chi connectivity index (χ0) is 21.3. The average molecular weight is 412 g/mol. The van der Waals surface area contributed by atoms with Gasteiger partial charge in [-0.15, -0.1) is 0 Å². The minimum absolute atomic E-state index is 0.626. The Labute approximate surface area is 186 Å². The lowest BCUT2D eigenvalue weighted by Crippen LogP contribution is -1.91. The first-order valence-electron chi connectivity index (χ1n) is 10.7. The van der Waals surface area contributed by atoms with E-state index in [1.807, 2.05) is 48.5 Å². The lowest BCUT2D eigenvalue weighted by atomic mass is 9.98. The number of hydrogen-bond donors (Lipinski definition) is 1. The maximum Gasteiger partial charge on any atom is 0.227 e. The van der Waals surface area contributed by atoms with Crippen LogP contribution >= 0.6 is 0 Å². The molecule has 1 aromatic heterocycles. The van der Waals surface area contributed by atoms with E-state index in [9.17, 15) is 0 Å². The minimum Gasteiger partial charge on any atom is -0.436 e. The molecular formula is C29H20N2O. The van der Waals surface area contributed by atoms with Crippen molar-refractivity contribution >= 4 is 33.2 Å². The summed E-state index contributed by atoms with van der Waals surface area (Å²) in [7, 11) is 0. The Hall–Kier alpha value is -4.37. The summed E-state index contributed by atoms with van der Waals surface area (Å²) in [6.45, 7) is 0. The molecule has 0 radical (unpaired) electrons. The van der Waals surface area contributed by atoms with Crippen molar-refractivity contribution in [2.24, 2.45) is 0 Å². The highest BCUT2D eigenvalue weighted by Crippen LogP contribution is 2.32. The summed E-state index contributed by atoms with van der Waals surface area (Å²) in [5.74, 6) is 0.626. The van der Waals surface area contributed by atoms with Gasteiger partial charge in [0, 0.05) is 11.3 Å². The van der Waals surface area contributed by atoms with E-state index in [2.05, 4.69) is 72.0 Å².